The molecule has 3 rings (SSSR count). The highest BCUT2D eigenvalue weighted by Gasteiger charge is 2.41. The van der Waals surface area contributed by atoms with E-state index in [4.69, 9.17) is 0 Å². The third-order valence-electron chi connectivity index (χ3n) is 5.82. The second-order valence-electron chi connectivity index (χ2n) is 8.02. The van der Waals surface area contributed by atoms with Gasteiger partial charge in [0.1, 0.15) is 0 Å². The molecule has 26 heavy (non-hydrogen) atoms. The van der Waals surface area contributed by atoms with E-state index in [1.807, 2.05) is 18.0 Å². The van der Waals surface area contributed by atoms with Crippen LogP contribution in [0.25, 0.3) is 0 Å². The molecule has 2 fully saturated rings. The van der Waals surface area contributed by atoms with Crippen LogP contribution in [0.3, 0.4) is 0 Å². The summed E-state index contributed by atoms with van der Waals surface area (Å²) in [6.07, 6.45) is 11.0. The van der Waals surface area contributed by atoms with Gasteiger partial charge in [-0.15, -0.1) is 5.10 Å². The average molecular weight is 364 g/mol. The first-order chi connectivity index (χ1) is 12.6. The number of carbonyl (C=O) groups is 1. The Morgan fingerprint density at radius 1 is 1.27 bits per heavy atom. The molecule has 1 saturated carbocycles. The zero-order valence-corrected chi connectivity index (χ0v) is 16.0. The predicted molar refractivity (Wildman–Crippen MR) is 99.6 cm³/mol. The van der Waals surface area contributed by atoms with Crippen molar-refractivity contribution in [3.8, 4) is 0 Å². The van der Waals surface area contributed by atoms with Gasteiger partial charge in [-0.3, -0.25) is 9.48 Å². The Bertz CT molecular complexity index is 584. The van der Waals surface area contributed by atoms with E-state index < -0.39 is 5.60 Å². The molecule has 146 valence electrons. The lowest BCUT2D eigenvalue weighted by Gasteiger charge is -2.39. The maximum absolute atomic E-state index is 12.8. The van der Waals surface area contributed by atoms with Gasteiger partial charge in [0.2, 0.25) is 0 Å². The molecule has 7 heteroatoms. The van der Waals surface area contributed by atoms with E-state index in [9.17, 15) is 9.90 Å². The summed E-state index contributed by atoms with van der Waals surface area (Å²) in [5.41, 5.74) is -0.372. The number of piperidine rings is 1. The minimum absolute atomic E-state index is 0.0938. The summed E-state index contributed by atoms with van der Waals surface area (Å²) in [7, 11) is 0. The number of nitrogens with one attached hydrogen (secondary N) is 1. The van der Waals surface area contributed by atoms with Crippen LogP contribution in [0.5, 0.6) is 0 Å². The Balaban J connectivity index is 1.42. The fraction of sp³-hybridized carbons (Fsp3) is 0.842. The van der Waals surface area contributed by atoms with Gasteiger partial charge in [-0.25, -0.2) is 0 Å². The van der Waals surface area contributed by atoms with Crippen molar-refractivity contribution >= 4 is 5.91 Å². The molecular weight excluding hydrogens is 330 g/mol. The number of amides is 1. The number of hydrogen-bond donors (Lipinski definition) is 2. The van der Waals surface area contributed by atoms with Crippen molar-refractivity contribution in [2.75, 3.05) is 26.2 Å². The molecule has 0 bridgehead atoms. The van der Waals surface area contributed by atoms with Crippen molar-refractivity contribution < 1.29 is 9.90 Å². The zero-order valence-electron chi connectivity index (χ0n) is 16.0. The van der Waals surface area contributed by atoms with Gasteiger partial charge < -0.3 is 15.3 Å². The molecule has 2 N–H and O–H groups in total. The lowest BCUT2D eigenvalue weighted by atomic mass is 9.86. The molecule has 0 aromatic carbocycles. The van der Waals surface area contributed by atoms with Crippen molar-refractivity contribution in [1.82, 2.24) is 25.2 Å². The third kappa shape index (κ3) is 5.04. The van der Waals surface area contributed by atoms with Gasteiger partial charge in [0.05, 0.1) is 12.2 Å². The van der Waals surface area contributed by atoms with Crippen LogP contribution >= 0.6 is 0 Å². The van der Waals surface area contributed by atoms with Crippen LogP contribution in [-0.2, 0) is 11.3 Å². The van der Waals surface area contributed by atoms with E-state index in [0.29, 0.717) is 26.1 Å². The van der Waals surface area contributed by atoms with Gasteiger partial charge in [-0.05, 0) is 32.1 Å². The highest BCUT2D eigenvalue weighted by atomic mass is 16.3. The van der Waals surface area contributed by atoms with Crippen molar-refractivity contribution in [3.63, 3.8) is 0 Å². The van der Waals surface area contributed by atoms with Crippen LogP contribution < -0.4 is 5.32 Å². The summed E-state index contributed by atoms with van der Waals surface area (Å²) >= 11 is 0. The predicted octanol–water partition coefficient (Wildman–Crippen LogP) is 1.50. The van der Waals surface area contributed by atoms with Crippen LogP contribution in [0.4, 0.5) is 0 Å². The summed E-state index contributed by atoms with van der Waals surface area (Å²) in [5, 5.41) is 22.0. The van der Waals surface area contributed by atoms with Crippen molar-refractivity contribution in [1.29, 1.82) is 0 Å². The minimum Gasteiger partial charge on any atom is -0.379 e. The molecule has 1 amide bonds. The van der Waals surface area contributed by atoms with Crippen LogP contribution in [0.15, 0.2) is 6.20 Å². The summed E-state index contributed by atoms with van der Waals surface area (Å²) in [6.45, 7) is 5.12. The molecular formula is C19H33N5O2. The minimum atomic E-state index is -1.26. The maximum atomic E-state index is 12.8. The first kappa shape index (κ1) is 19.3. The zero-order chi connectivity index (χ0) is 18.4. The Hall–Kier alpha value is -1.47. The van der Waals surface area contributed by atoms with Crippen molar-refractivity contribution in [3.05, 3.63) is 11.9 Å². The highest BCUT2D eigenvalue weighted by Crippen LogP contribution is 2.28. The topological polar surface area (TPSA) is 83.3 Å². The number of hydrogen-bond acceptors (Lipinski definition) is 5. The standard InChI is InChI=1S/C19H33N5O2/c1-16-14-24(22-21-16)13-10-20-15-19(26)9-5-11-23(18(19)25)12-8-17-6-3-2-4-7-17/h14,17,20,26H,2-13,15H2,1H3. The normalized spacial score (nSPS) is 25.0. The lowest BCUT2D eigenvalue weighted by Crippen LogP contribution is -2.58. The third-order valence-corrected chi connectivity index (χ3v) is 5.82. The molecule has 2 heterocycles. The van der Waals surface area contributed by atoms with Crippen LogP contribution in [0.2, 0.25) is 0 Å². The molecule has 1 aliphatic heterocycles. The Morgan fingerprint density at radius 3 is 2.81 bits per heavy atom. The molecule has 1 aromatic rings. The first-order valence-corrected chi connectivity index (χ1v) is 10.2. The SMILES string of the molecule is Cc1cn(CCNCC2(O)CCCN(CCC3CCCCC3)C2=O)nn1. The van der Waals surface area contributed by atoms with Gasteiger partial charge in [0.25, 0.3) is 5.91 Å². The summed E-state index contributed by atoms with van der Waals surface area (Å²) in [5.74, 6) is 0.666. The number of aryl methyl sites for hydroxylation is 1. The molecule has 2 aliphatic rings. The molecule has 1 aromatic heterocycles. The Morgan fingerprint density at radius 2 is 2.08 bits per heavy atom. The van der Waals surface area contributed by atoms with Crippen LogP contribution in [0, 0.1) is 12.8 Å². The lowest BCUT2D eigenvalue weighted by molar-refractivity contribution is -0.156. The van der Waals surface area contributed by atoms with E-state index in [2.05, 4.69) is 15.6 Å². The molecule has 1 aliphatic carbocycles. The van der Waals surface area contributed by atoms with Crippen molar-refractivity contribution in [2.45, 2.75) is 70.4 Å². The number of rotatable bonds is 8. The van der Waals surface area contributed by atoms with Crippen LogP contribution in [-0.4, -0.2) is 62.7 Å². The largest absolute Gasteiger partial charge is 0.379 e. The quantitative estimate of drug-likeness (QED) is 0.684. The van der Waals surface area contributed by atoms with E-state index in [1.54, 1.807) is 4.68 Å². The number of nitrogens with zero attached hydrogens (tertiary/aromatic N) is 4. The average Bonchev–Trinajstić information content (AvgIpc) is 3.06. The molecule has 1 atom stereocenters. The van der Waals surface area contributed by atoms with E-state index in [0.717, 1.165) is 37.5 Å². The number of aliphatic hydroxyl groups is 1. The molecule has 7 nitrogen and oxygen atoms in total. The maximum Gasteiger partial charge on any atom is 0.255 e. The smallest absolute Gasteiger partial charge is 0.255 e. The summed E-state index contributed by atoms with van der Waals surface area (Å²) < 4.78 is 1.77. The van der Waals surface area contributed by atoms with Crippen LogP contribution in [0.1, 0.15) is 57.1 Å². The first-order valence-electron chi connectivity index (χ1n) is 10.2. The molecule has 0 spiro atoms. The second-order valence-corrected chi connectivity index (χ2v) is 8.02. The fourth-order valence-corrected chi connectivity index (χ4v) is 4.25. The number of aromatic nitrogens is 3. The highest BCUT2D eigenvalue weighted by molar-refractivity contribution is 5.86. The van der Waals surface area contributed by atoms with Gasteiger partial charge in [0, 0.05) is 32.4 Å². The van der Waals surface area contributed by atoms with Gasteiger partial charge in [0.15, 0.2) is 5.60 Å². The molecule has 0 radical (unpaired) electrons. The van der Waals surface area contributed by atoms with E-state index >= 15 is 0 Å². The monoisotopic (exact) mass is 363 g/mol. The van der Waals surface area contributed by atoms with Gasteiger partial charge in [-0.1, -0.05) is 37.3 Å². The van der Waals surface area contributed by atoms with Gasteiger partial charge in [-0.2, -0.15) is 0 Å². The second kappa shape index (κ2) is 8.95. The Labute approximate surface area is 156 Å². The molecule has 1 unspecified atom stereocenters. The van der Waals surface area contributed by atoms with E-state index in [1.165, 1.54) is 32.1 Å². The number of likely N-dealkylation sites (tertiary alicyclic amines) is 1. The molecule has 1 saturated heterocycles. The summed E-state index contributed by atoms with van der Waals surface area (Å²) in [4.78, 5) is 14.7. The van der Waals surface area contributed by atoms with E-state index in [-0.39, 0.29) is 5.91 Å². The fourth-order valence-electron chi connectivity index (χ4n) is 4.25. The summed E-state index contributed by atoms with van der Waals surface area (Å²) in [6, 6.07) is 0. The van der Waals surface area contributed by atoms with Gasteiger partial charge >= 0.3 is 0 Å². The van der Waals surface area contributed by atoms with Crippen molar-refractivity contribution in [2.24, 2.45) is 5.92 Å². The number of carbonyl (C=O) groups excluding carboxylic acids is 1. The Kier molecular flexibility index (Phi) is 6.64.